The van der Waals surface area contributed by atoms with Crippen LogP contribution < -0.4 is 11.5 Å². The minimum absolute atomic E-state index is 0.414. The largest absolute Gasteiger partial charge is 0.366 e. The first kappa shape index (κ1) is 13.1. The standard InChI is InChI=1S/C16H16N2O/c17-11-14-8-5-12(6-9-14)4-7-13-2-1-3-15(10-13)16(18)19/h1-10H,11,17H2,(H2,18,19)/b7-4+. The Hall–Kier alpha value is -2.39. The molecule has 4 N–H and O–H groups in total. The van der Waals surface area contributed by atoms with E-state index in [1.165, 1.54) is 0 Å². The molecule has 2 aromatic rings. The van der Waals surface area contributed by atoms with E-state index in [1.54, 1.807) is 12.1 Å². The van der Waals surface area contributed by atoms with Gasteiger partial charge < -0.3 is 11.5 Å². The number of carbonyl (C=O) groups excluding carboxylic acids is 1. The number of hydrogen-bond donors (Lipinski definition) is 2. The van der Waals surface area contributed by atoms with E-state index in [0.29, 0.717) is 12.1 Å². The maximum atomic E-state index is 11.1. The van der Waals surface area contributed by atoms with E-state index < -0.39 is 5.91 Å². The lowest BCUT2D eigenvalue weighted by Gasteiger charge is -1.99. The quantitative estimate of drug-likeness (QED) is 0.820. The number of nitrogens with two attached hydrogens (primary N) is 2. The molecule has 0 bridgehead atoms. The first-order valence-corrected chi connectivity index (χ1v) is 6.06. The molecule has 0 spiro atoms. The zero-order chi connectivity index (χ0) is 13.7. The third kappa shape index (κ3) is 3.53. The Bertz CT molecular complexity index is 600. The van der Waals surface area contributed by atoms with E-state index in [0.717, 1.165) is 16.7 Å². The van der Waals surface area contributed by atoms with Gasteiger partial charge in [-0.15, -0.1) is 0 Å². The maximum Gasteiger partial charge on any atom is 0.248 e. The summed E-state index contributed by atoms with van der Waals surface area (Å²) in [5.41, 5.74) is 14.4. The molecule has 2 aromatic carbocycles. The molecule has 0 atom stereocenters. The molecule has 1 amide bonds. The van der Waals surface area contributed by atoms with Gasteiger partial charge in [-0.2, -0.15) is 0 Å². The predicted molar refractivity (Wildman–Crippen MR) is 78.2 cm³/mol. The second-order valence-corrected chi connectivity index (χ2v) is 4.27. The third-order valence-corrected chi connectivity index (χ3v) is 2.85. The van der Waals surface area contributed by atoms with Crippen molar-refractivity contribution in [2.24, 2.45) is 11.5 Å². The Morgan fingerprint density at radius 3 is 2.32 bits per heavy atom. The normalized spacial score (nSPS) is 10.8. The zero-order valence-corrected chi connectivity index (χ0v) is 10.5. The van der Waals surface area contributed by atoms with Gasteiger partial charge in [-0.3, -0.25) is 4.79 Å². The van der Waals surface area contributed by atoms with Crippen LogP contribution in [0.25, 0.3) is 12.2 Å². The summed E-state index contributed by atoms with van der Waals surface area (Å²) in [5.74, 6) is -0.414. The molecule has 0 aliphatic heterocycles. The van der Waals surface area contributed by atoms with Crippen molar-refractivity contribution in [1.29, 1.82) is 0 Å². The van der Waals surface area contributed by atoms with Gasteiger partial charge in [-0.1, -0.05) is 48.6 Å². The summed E-state index contributed by atoms with van der Waals surface area (Å²) in [4.78, 5) is 11.1. The van der Waals surface area contributed by atoms with Crippen LogP contribution in [-0.4, -0.2) is 5.91 Å². The van der Waals surface area contributed by atoms with E-state index >= 15 is 0 Å². The summed E-state index contributed by atoms with van der Waals surface area (Å²) in [6.07, 6.45) is 3.93. The summed E-state index contributed by atoms with van der Waals surface area (Å²) < 4.78 is 0. The average molecular weight is 252 g/mol. The van der Waals surface area contributed by atoms with Crippen molar-refractivity contribution < 1.29 is 4.79 Å². The highest BCUT2D eigenvalue weighted by atomic mass is 16.1. The van der Waals surface area contributed by atoms with Crippen molar-refractivity contribution in [1.82, 2.24) is 0 Å². The molecular weight excluding hydrogens is 236 g/mol. The number of hydrogen-bond acceptors (Lipinski definition) is 2. The summed E-state index contributed by atoms with van der Waals surface area (Å²) in [7, 11) is 0. The van der Waals surface area contributed by atoms with Gasteiger partial charge in [0.05, 0.1) is 0 Å². The highest BCUT2D eigenvalue weighted by Crippen LogP contribution is 2.11. The van der Waals surface area contributed by atoms with E-state index in [9.17, 15) is 4.79 Å². The summed E-state index contributed by atoms with van der Waals surface area (Å²) in [6.45, 7) is 0.546. The molecule has 3 heteroatoms. The molecule has 2 rings (SSSR count). The van der Waals surface area contributed by atoms with E-state index in [-0.39, 0.29) is 0 Å². The second kappa shape index (κ2) is 5.98. The maximum absolute atomic E-state index is 11.1. The van der Waals surface area contributed by atoms with Crippen LogP contribution in [0.3, 0.4) is 0 Å². The Morgan fingerprint density at radius 1 is 1.00 bits per heavy atom. The SMILES string of the molecule is NCc1ccc(/C=C/c2cccc(C(N)=O)c2)cc1. The van der Waals surface area contributed by atoms with Gasteiger partial charge in [0.15, 0.2) is 0 Å². The first-order valence-electron chi connectivity index (χ1n) is 6.06. The van der Waals surface area contributed by atoms with Crippen LogP contribution in [0.5, 0.6) is 0 Å². The fourth-order valence-corrected chi connectivity index (χ4v) is 1.75. The van der Waals surface area contributed by atoms with E-state index in [1.807, 2.05) is 48.6 Å². The third-order valence-electron chi connectivity index (χ3n) is 2.85. The number of primary amides is 1. The van der Waals surface area contributed by atoms with Crippen molar-refractivity contribution >= 4 is 18.1 Å². The van der Waals surface area contributed by atoms with Gasteiger partial charge in [-0.05, 0) is 28.8 Å². The number of benzene rings is 2. The van der Waals surface area contributed by atoms with E-state index in [2.05, 4.69) is 0 Å². The van der Waals surface area contributed by atoms with Gasteiger partial charge >= 0.3 is 0 Å². The fraction of sp³-hybridized carbons (Fsp3) is 0.0625. The van der Waals surface area contributed by atoms with Crippen LogP contribution in [0.1, 0.15) is 27.0 Å². The molecule has 0 unspecified atom stereocenters. The Kier molecular flexibility index (Phi) is 4.11. The molecular formula is C16H16N2O. The first-order chi connectivity index (χ1) is 9.19. The lowest BCUT2D eigenvalue weighted by Crippen LogP contribution is -2.10. The minimum atomic E-state index is -0.414. The van der Waals surface area contributed by atoms with Crippen LogP contribution in [-0.2, 0) is 6.54 Å². The highest BCUT2D eigenvalue weighted by Gasteiger charge is 1.98. The highest BCUT2D eigenvalue weighted by molar-refractivity contribution is 5.93. The molecule has 0 aromatic heterocycles. The van der Waals surface area contributed by atoms with Crippen molar-refractivity contribution in [2.75, 3.05) is 0 Å². The van der Waals surface area contributed by atoms with Gasteiger partial charge in [0.1, 0.15) is 0 Å². The van der Waals surface area contributed by atoms with Crippen molar-refractivity contribution in [2.45, 2.75) is 6.54 Å². The summed E-state index contributed by atoms with van der Waals surface area (Å²) in [6, 6.07) is 15.2. The molecule has 0 aliphatic carbocycles. The Morgan fingerprint density at radius 2 is 1.68 bits per heavy atom. The van der Waals surface area contributed by atoms with Crippen LogP contribution in [0, 0.1) is 0 Å². The van der Waals surface area contributed by atoms with Gasteiger partial charge in [0, 0.05) is 12.1 Å². The fourth-order valence-electron chi connectivity index (χ4n) is 1.75. The Labute approximate surface area is 112 Å². The average Bonchev–Trinajstić information content (AvgIpc) is 2.46. The monoisotopic (exact) mass is 252 g/mol. The van der Waals surface area contributed by atoms with Crippen molar-refractivity contribution in [3.8, 4) is 0 Å². The summed E-state index contributed by atoms with van der Waals surface area (Å²) in [5, 5.41) is 0. The summed E-state index contributed by atoms with van der Waals surface area (Å²) >= 11 is 0. The molecule has 0 radical (unpaired) electrons. The molecule has 0 heterocycles. The Balaban J connectivity index is 2.17. The smallest absolute Gasteiger partial charge is 0.248 e. The lowest BCUT2D eigenvalue weighted by molar-refractivity contribution is 0.100. The van der Waals surface area contributed by atoms with E-state index in [4.69, 9.17) is 11.5 Å². The van der Waals surface area contributed by atoms with Gasteiger partial charge in [0.25, 0.3) is 0 Å². The molecule has 3 nitrogen and oxygen atoms in total. The van der Waals surface area contributed by atoms with Gasteiger partial charge in [0.2, 0.25) is 5.91 Å². The van der Waals surface area contributed by atoms with Crippen LogP contribution >= 0.6 is 0 Å². The number of rotatable bonds is 4. The molecule has 0 fully saturated rings. The zero-order valence-electron chi connectivity index (χ0n) is 10.5. The molecule has 19 heavy (non-hydrogen) atoms. The van der Waals surface area contributed by atoms with Crippen LogP contribution in [0.2, 0.25) is 0 Å². The molecule has 0 saturated carbocycles. The van der Waals surface area contributed by atoms with Crippen LogP contribution in [0.15, 0.2) is 48.5 Å². The number of amides is 1. The molecule has 0 saturated heterocycles. The van der Waals surface area contributed by atoms with Crippen molar-refractivity contribution in [3.05, 3.63) is 70.8 Å². The topological polar surface area (TPSA) is 69.1 Å². The van der Waals surface area contributed by atoms with Crippen molar-refractivity contribution in [3.63, 3.8) is 0 Å². The molecule has 96 valence electrons. The lowest BCUT2D eigenvalue weighted by atomic mass is 10.1. The second-order valence-electron chi connectivity index (χ2n) is 4.27. The number of carbonyl (C=O) groups is 1. The molecule has 0 aliphatic rings. The predicted octanol–water partition coefficient (Wildman–Crippen LogP) is 2.41. The minimum Gasteiger partial charge on any atom is -0.366 e. The van der Waals surface area contributed by atoms with Gasteiger partial charge in [-0.25, -0.2) is 0 Å². The van der Waals surface area contributed by atoms with Crippen LogP contribution in [0.4, 0.5) is 0 Å².